The molecule has 29 heavy (non-hydrogen) atoms. The van der Waals surface area contributed by atoms with Gasteiger partial charge in [-0.25, -0.2) is 4.99 Å². The molecule has 0 bridgehead atoms. The van der Waals surface area contributed by atoms with Crippen molar-refractivity contribution in [2.75, 3.05) is 13.1 Å². The lowest BCUT2D eigenvalue weighted by molar-refractivity contribution is 0.184. The molecule has 0 fully saturated rings. The molecular formula is C22H25IN4OS. The number of rotatable bonds is 6. The molecule has 5 nitrogen and oxygen atoms in total. The molecule has 2 heterocycles. The number of aliphatic hydroxyl groups excluding tert-OH is 1. The number of guanidine groups is 1. The second-order valence-corrected chi connectivity index (χ2v) is 7.78. The first kappa shape index (κ1) is 21.6. The van der Waals surface area contributed by atoms with Gasteiger partial charge in [0.2, 0.25) is 0 Å². The van der Waals surface area contributed by atoms with E-state index in [4.69, 9.17) is 0 Å². The lowest BCUT2D eigenvalue weighted by atomic mass is 10.2. The van der Waals surface area contributed by atoms with Crippen LogP contribution in [0.4, 0.5) is 0 Å². The van der Waals surface area contributed by atoms with Crippen molar-refractivity contribution in [1.82, 2.24) is 15.6 Å². The van der Waals surface area contributed by atoms with Crippen molar-refractivity contribution in [1.29, 1.82) is 0 Å². The highest BCUT2D eigenvalue weighted by atomic mass is 127. The van der Waals surface area contributed by atoms with Gasteiger partial charge in [0.15, 0.2) is 5.96 Å². The quantitative estimate of drug-likeness (QED) is 0.168. The van der Waals surface area contributed by atoms with E-state index >= 15 is 0 Å². The monoisotopic (exact) mass is 520 g/mol. The predicted octanol–water partition coefficient (Wildman–Crippen LogP) is 4.79. The van der Waals surface area contributed by atoms with E-state index in [0.717, 1.165) is 22.6 Å². The van der Waals surface area contributed by atoms with Crippen molar-refractivity contribution >= 4 is 62.3 Å². The summed E-state index contributed by atoms with van der Waals surface area (Å²) in [5.74, 6) is 0.696. The van der Waals surface area contributed by atoms with Crippen LogP contribution in [0.15, 0.2) is 65.7 Å². The van der Waals surface area contributed by atoms with E-state index in [1.165, 1.54) is 15.5 Å². The first-order valence-electron chi connectivity index (χ1n) is 9.48. The number of aromatic amines is 1. The van der Waals surface area contributed by atoms with Gasteiger partial charge in [-0.1, -0.05) is 36.4 Å². The zero-order valence-electron chi connectivity index (χ0n) is 16.2. The summed E-state index contributed by atoms with van der Waals surface area (Å²) in [4.78, 5) is 8.99. The molecule has 0 aliphatic rings. The molecule has 1 unspecified atom stereocenters. The van der Waals surface area contributed by atoms with E-state index in [9.17, 15) is 5.11 Å². The van der Waals surface area contributed by atoms with Gasteiger partial charge in [0.1, 0.15) is 6.10 Å². The Labute approximate surface area is 191 Å². The molecule has 1 atom stereocenters. The van der Waals surface area contributed by atoms with Gasteiger partial charge in [-0.15, -0.1) is 35.3 Å². The zero-order chi connectivity index (χ0) is 19.3. The molecule has 7 heteroatoms. The van der Waals surface area contributed by atoms with Crippen LogP contribution >= 0.6 is 35.3 Å². The minimum atomic E-state index is -0.575. The summed E-state index contributed by atoms with van der Waals surface area (Å²) in [6.07, 6.45) is -0.575. The number of halogens is 1. The Balaban J connectivity index is 0.00000240. The molecule has 4 rings (SSSR count). The van der Waals surface area contributed by atoms with Gasteiger partial charge in [-0.2, -0.15) is 0 Å². The molecule has 152 valence electrons. The summed E-state index contributed by atoms with van der Waals surface area (Å²) < 4.78 is 1.19. The van der Waals surface area contributed by atoms with Crippen LogP contribution in [0.5, 0.6) is 0 Å². The lowest BCUT2D eigenvalue weighted by Gasteiger charge is -2.14. The molecule has 0 aliphatic carbocycles. The number of benzene rings is 2. The number of aliphatic hydroxyl groups is 1. The Bertz CT molecular complexity index is 1040. The Morgan fingerprint density at radius 3 is 2.59 bits per heavy atom. The average Bonchev–Trinajstić information content (AvgIpc) is 3.33. The minimum Gasteiger partial charge on any atom is -0.386 e. The van der Waals surface area contributed by atoms with Crippen LogP contribution in [0.2, 0.25) is 0 Å². The summed E-state index contributed by atoms with van der Waals surface area (Å²) in [5, 5.41) is 19.4. The number of aliphatic imine (C=N–C) groups is 1. The van der Waals surface area contributed by atoms with Crippen LogP contribution in [0.1, 0.15) is 23.6 Å². The van der Waals surface area contributed by atoms with Crippen molar-refractivity contribution in [3.8, 4) is 0 Å². The molecular weight excluding hydrogens is 495 g/mol. The van der Waals surface area contributed by atoms with E-state index < -0.39 is 6.10 Å². The third kappa shape index (κ3) is 5.29. The number of H-pyrrole nitrogens is 1. The largest absolute Gasteiger partial charge is 0.386 e. The van der Waals surface area contributed by atoms with Gasteiger partial charge in [-0.05, 0) is 42.0 Å². The van der Waals surface area contributed by atoms with Gasteiger partial charge < -0.3 is 20.7 Å². The zero-order valence-corrected chi connectivity index (χ0v) is 19.3. The summed E-state index contributed by atoms with van der Waals surface area (Å²) in [6, 6.07) is 20.6. The topological polar surface area (TPSA) is 72.4 Å². The number of nitrogens with zero attached hydrogens (tertiary/aromatic N) is 1. The van der Waals surface area contributed by atoms with Gasteiger partial charge in [0, 0.05) is 33.9 Å². The van der Waals surface area contributed by atoms with Crippen molar-refractivity contribution in [2.45, 2.75) is 19.6 Å². The molecule has 0 spiro atoms. The highest BCUT2D eigenvalue weighted by Crippen LogP contribution is 2.29. The van der Waals surface area contributed by atoms with Crippen LogP contribution in [0.25, 0.3) is 21.0 Å². The maximum atomic E-state index is 10.6. The van der Waals surface area contributed by atoms with Crippen molar-refractivity contribution in [3.05, 3.63) is 71.2 Å². The number of fused-ring (bicyclic) bond motifs is 2. The Morgan fingerprint density at radius 2 is 1.83 bits per heavy atom. The molecule has 0 amide bonds. The standard InChI is InChI=1S/C22H24N4OS.HI/c1-2-23-22(24-13-17-11-15-7-3-5-9-18(15)26-17)25-14-19(27)21-12-16-8-4-6-10-20(16)28-21;/h3-12,19,26-27H,2,13-14H2,1H3,(H2,23,24,25);1H. The van der Waals surface area contributed by atoms with Crippen LogP contribution in [-0.4, -0.2) is 29.1 Å². The number of thiophene rings is 1. The molecule has 0 saturated carbocycles. The first-order chi connectivity index (χ1) is 13.7. The number of para-hydroxylation sites is 1. The van der Waals surface area contributed by atoms with E-state index in [1.807, 2.05) is 31.2 Å². The molecule has 2 aromatic heterocycles. The normalized spacial score (nSPS) is 12.7. The highest BCUT2D eigenvalue weighted by molar-refractivity contribution is 14.0. The van der Waals surface area contributed by atoms with E-state index in [0.29, 0.717) is 19.0 Å². The molecule has 4 N–H and O–H groups in total. The van der Waals surface area contributed by atoms with Crippen molar-refractivity contribution < 1.29 is 5.11 Å². The first-order valence-corrected chi connectivity index (χ1v) is 10.3. The molecule has 2 aromatic carbocycles. The average molecular weight is 520 g/mol. The van der Waals surface area contributed by atoms with Crippen LogP contribution in [0.3, 0.4) is 0 Å². The summed E-state index contributed by atoms with van der Waals surface area (Å²) in [5.41, 5.74) is 2.18. The van der Waals surface area contributed by atoms with Crippen molar-refractivity contribution in [3.63, 3.8) is 0 Å². The van der Waals surface area contributed by atoms with Crippen LogP contribution in [-0.2, 0) is 6.54 Å². The second kappa shape index (κ2) is 10.1. The van der Waals surface area contributed by atoms with Gasteiger partial charge in [0.25, 0.3) is 0 Å². The van der Waals surface area contributed by atoms with Gasteiger partial charge in [-0.3, -0.25) is 0 Å². The van der Waals surface area contributed by atoms with Crippen LogP contribution in [0, 0.1) is 0 Å². The van der Waals surface area contributed by atoms with Crippen molar-refractivity contribution in [2.24, 2.45) is 4.99 Å². The lowest BCUT2D eigenvalue weighted by Crippen LogP contribution is -2.39. The van der Waals surface area contributed by atoms with E-state index in [2.05, 4.69) is 57.0 Å². The number of hydrogen-bond donors (Lipinski definition) is 4. The fourth-order valence-corrected chi connectivity index (χ4v) is 4.24. The highest BCUT2D eigenvalue weighted by Gasteiger charge is 2.12. The molecule has 0 radical (unpaired) electrons. The Hall–Kier alpha value is -2.10. The summed E-state index contributed by atoms with van der Waals surface area (Å²) >= 11 is 1.63. The summed E-state index contributed by atoms with van der Waals surface area (Å²) in [7, 11) is 0. The third-order valence-corrected chi connectivity index (χ3v) is 5.79. The van der Waals surface area contributed by atoms with Crippen LogP contribution < -0.4 is 10.6 Å². The number of hydrogen-bond acceptors (Lipinski definition) is 3. The molecule has 4 aromatic rings. The Kier molecular flexibility index (Phi) is 7.51. The number of nitrogens with one attached hydrogen (secondary N) is 3. The maximum absolute atomic E-state index is 10.6. The van der Waals surface area contributed by atoms with Gasteiger partial charge in [0.05, 0.1) is 6.54 Å². The molecule has 0 saturated heterocycles. The Morgan fingerprint density at radius 1 is 1.07 bits per heavy atom. The fraction of sp³-hybridized carbons (Fsp3) is 0.227. The smallest absolute Gasteiger partial charge is 0.191 e. The molecule has 0 aliphatic heterocycles. The third-order valence-electron chi connectivity index (χ3n) is 4.57. The van der Waals surface area contributed by atoms with E-state index in [1.54, 1.807) is 11.3 Å². The minimum absolute atomic E-state index is 0. The second-order valence-electron chi connectivity index (χ2n) is 6.66. The van der Waals surface area contributed by atoms with E-state index in [-0.39, 0.29) is 24.0 Å². The summed E-state index contributed by atoms with van der Waals surface area (Å²) in [6.45, 7) is 3.74. The fourth-order valence-electron chi connectivity index (χ4n) is 3.19. The van der Waals surface area contributed by atoms with Gasteiger partial charge >= 0.3 is 0 Å². The SMILES string of the molecule is CCNC(=NCc1cc2ccccc2[nH]1)NCC(O)c1cc2ccccc2s1.I. The predicted molar refractivity (Wildman–Crippen MR) is 133 cm³/mol. The number of aromatic nitrogens is 1. The maximum Gasteiger partial charge on any atom is 0.191 e.